The quantitative estimate of drug-likeness (QED) is 0.781. The summed E-state index contributed by atoms with van der Waals surface area (Å²) in [4.78, 5) is 9.15. The number of hydrogen-bond acceptors (Lipinski definition) is 3. The lowest BCUT2D eigenvalue weighted by Gasteiger charge is -2.09. The predicted molar refractivity (Wildman–Crippen MR) is 90.9 cm³/mol. The third-order valence-electron chi connectivity index (χ3n) is 3.48. The van der Waals surface area contributed by atoms with Crippen LogP contribution < -0.4 is 5.32 Å². The van der Waals surface area contributed by atoms with Gasteiger partial charge in [0.25, 0.3) is 0 Å². The molecular formula is C16H18IN3. The van der Waals surface area contributed by atoms with Crippen LogP contribution in [0.4, 0.5) is 5.82 Å². The molecule has 104 valence electrons. The van der Waals surface area contributed by atoms with E-state index in [1.165, 1.54) is 18.4 Å². The van der Waals surface area contributed by atoms with E-state index >= 15 is 0 Å². The molecule has 1 aromatic carbocycles. The van der Waals surface area contributed by atoms with Gasteiger partial charge in [-0.3, -0.25) is 0 Å². The minimum absolute atomic E-state index is 0.761. The van der Waals surface area contributed by atoms with Crippen molar-refractivity contribution in [2.45, 2.75) is 32.1 Å². The van der Waals surface area contributed by atoms with Crippen molar-refractivity contribution in [1.82, 2.24) is 9.97 Å². The third-order valence-corrected chi connectivity index (χ3v) is 4.27. The summed E-state index contributed by atoms with van der Waals surface area (Å²) in [6, 6.07) is 8.66. The molecule has 0 unspecified atom stereocenters. The fraction of sp³-hybridized carbons (Fsp3) is 0.375. The monoisotopic (exact) mass is 379 g/mol. The van der Waals surface area contributed by atoms with Gasteiger partial charge in [0.05, 0.1) is 3.57 Å². The van der Waals surface area contributed by atoms with E-state index in [1.807, 2.05) is 6.20 Å². The van der Waals surface area contributed by atoms with Crippen molar-refractivity contribution in [3.8, 4) is 11.4 Å². The topological polar surface area (TPSA) is 37.8 Å². The van der Waals surface area contributed by atoms with E-state index in [0.717, 1.165) is 39.7 Å². The molecule has 2 aromatic rings. The summed E-state index contributed by atoms with van der Waals surface area (Å²) >= 11 is 2.28. The van der Waals surface area contributed by atoms with Gasteiger partial charge in [-0.15, -0.1) is 0 Å². The molecule has 1 saturated carbocycles. The van der Waals surface area contributed by atoms with Gasteiger partial charge in [-0.1, -0.05) is 25.1 Å². The van der Waals surface area contributed by atoms with Crippen molar-refractivity contribution in [1.29, 1.82) is 0 Å². The van der Waals surface area contributed by atoms with Gasteiger partial charge < -0.3 is 5.32 Å². The van der Waals surface area contributed by atoms with Crippen LogP contribution >= 0.6 is 22.6 Å². The van der Waals surface area contributed by atoms with Gasteiger partial charge in [0.15, 0.2) is 5.82 Å². The van der Waals surface area contributed by atoms with Crippen molar-refractivity contribution in [3.05, 3.63) is 39.6 Å². The molecule has 1 aliphatic carbocycles. The molecule has 0 amide bonds. The smallest absolute Gasteiger partial charge is 0.161 e. The second-order valence-corrected chi connectivity index (χ2v) is 6.38. The summed E-state index contributed by atoms with van der Waals surface area (Å²) in [5.41, 5.74) is 2.54. The van der Waals surface area contributed by atoms with E-state index in [4.69, 9.17) is 0 Å². The molecule has 3 nitrogen and oxygen atoms in total. The number of anilines is 1. The molecule has 20 heavy (non-hydrogen) atoms. The first-order valence-corrected chi connectivity index (χ1v) is 8.22. The standard InChI is InChI=1S/C16H18IN3/c1-2-8-18-16-14(17)10-19-15(20-16)13-5-3-4-12(9-13)11-6-7-11/h3-5,9-11H,2,6-8H2,1H3,(H,18,19,20). The van der Waals surface area contributed by atoms with Crippen LogP contribution in [0.25, 0.3) is 11.4 Å². The van der Waals surface area contributed by atoms with Crippen LogP contribution in [0.3, 0.4) is 0 Å². The van der Waals surface area contributed by atoms with Crippen LogP contribution in [0.2, 0.25) is 0 Å². The maximum absolute atomic E-state index is 4.67. The molecule has 0 radical (unpaired) electrons. The molecule has 0 bridgehead atoms. The molecule has 1 N–H and O–H groups in total. The number of hydrogen-bond donors (Lipinski definition) is 1. The Morgan fingerprint density at radius 3 is 2.95 bits per heavy atom. The highest BCUT2D eigenvalue weighted by atomic mass is 127. The first-order valence-electron chi connectivity index (χ1n) is 7.14. The van der Waals surface area contributed by atoms with Crippen LogP contribution in [0.1, 0.15) is 37.7 Å². The fourth-order valence-electron chi connectivity index (χ4n) is 2.22. The Morgan fingerprint density at radius 2 is 2.20 bits per heavy atom. The third kappa shape index (κ3) is 3.11. The maximum Gasteiger partial charge on any atom is 0.161 e. The Labute approximate surface area is 133 Å². The van der Waals surface area contributed by atoms with E-state index in [-0.39, 0.29) is 0 Å². The van der Waals surface area contributed by atoms with Gasteiger partial charge in [-0.25, -0.2) is 9.97 Å². The Kier molecular flexibility index (Phi) is 4.19. The van der Waals surface area contributed by atoms with Gasteiger partial charge in [0.2, 0.25) is 0 Å². The van der Waals surface area contributed by atoms with Crippen molar-refractivity contribution < 1.29 is 0 Å². The van der Waals surface area contributed by atoms with Gasteiger partial charge in [0.1, 0.15) is 5.82 Å². The average molecular weight is 379 g/mol. The summed E-state index contributed by atoms with van der Waals surface area (Å²) in [5.74, 6) is 2.51. The second kappa shape index (κ2) is 6.08. The van der Waals surface area contributed by atoms with E-state index in [9.17, 15) is 0 Å². The van der Waals surface area contributed by atoms with E-state index in [2.05, 4.69) is 69.1 Å². The number of benzene rings is 1. The Bertz CT molecular complexity index is 608. The number of aromatic nitrogens is 2. The van der Waals surface area contributed by atoms with E-state index in [0.29, 0.717) is 0 Å². The molecular weight excluding hydrogens is 361 g/mol. The van der Waals surface area contributed by atoms with Crippen molar-refractivity contribution in [2.75, 3.05) is 11.9 Å². The maximum atomic E-state index is 4.67. The highest BCUT2D eigenvalue weighted by molar-refractivity contribution is 14.1. The van der Waals surface area contributed by atoms with Crippen LogP contribution in [0.15, 0.2) is 30.5 Å². The zero-order chi connectivity index (χ0) is 13.9. The molecule has 1 aromatic heterocycles. The molecule has 0 aliphatic heterocycles. The molecule has 1 fully saturated rings. The Hall–Kier alpha value is -1.17. The molecule has 3 rings (SSSR count). The fourth-order valence-corrected chi connectivity index (χ4v) is 2.67. The zero-order valence-corrected chi connectivity index (χ0v) is 13.7. The largest absolute Gasteiger partial charge is 0.369 e. The van der Waals surface area contributed by atoms with Gasteiger partial charge >= 0.3 is 0 Å². The average Bonchev–Trinajstić information content (AvgIpc) is 3.31. The van der Waals surface area contributed by atoms with Crippen molar-refractivity contribution in [3.63, 3.8) is 0 Å². The van der Waals surface area contributed by atoms with Crippen LogP contribution in [0, 0.1) is 3.57 Å². The first-order chi connectivity index (χ1) is 9.78. The minimum atomic E-state index is 0.761. The molecule has 0 atom stereocenters. The normalized spacial score (nSPS) is 14.3. The van der Waals surface area contributed by atoms with Crippen LogP contribution in [-0.2, 0) is 0 Å². The number of nitrogens with one attached hydrogen (secondary N) is 1. The number of halogens is 1. The van der Waals surface area contributed by atoms with Gasteiger partial charge in [0, 0.05) is 18.3 Å². The van der Waals surface area contributed by atoms with Crippen LogP contribution in [-0.4, -0.2) is 16.5 Å². The molecule has 0 saturated heterocycles. The van der Waals surface area contributed by atoms with E-state index < -0.39 is 0 Å². The summed E-state index contributed by atoms with van der Waals surface area (Å²) < 4.78 is 1.07. The Morgan fingerprint density at radius 1 is 1.35 bits per heavy atom. The number of nitrogens with zero attached hydrogens (tertiary/aromatic N) is 2. The molecule has 4 heteroatoms. The zero-order valence-electron chi connectivity index (χ0n) is 11.6. The lowest BCUT2D eigenvalue weighted by molar-refractivity contribution is 0.963. The SMILES string of the molecule is CCCNc1nc(-c2cccc(C3CC3)c2)ncc1I. The molecule has 1 heterocycles. The van der Waals surface area contributed by atoms with Gasteiger partial charge in [-0.05, 0) is 59.4 Å². The summed E-state index contributed by atoms with van der Waals surface area (Å²) in [6.07, 6.45) is 5.62. The second-order valence-electron chi connectivity index (χ2n) is 5.22. The lowest BCUT2D eigenvalue weighted by Crippen LogP contribution is -2.05. The molecule has 0 spiro atoms. The minimum Gasteiger partial charge on any atom is -0.369 e. The summed E-state index contributed by atoms with van der Waals surface area (Å²) in [6.45, 7) is 3.09. The summed E-state index contributed by atoms with van der Waals surface area (Å²) in [5, 5.41) is 3.36. The highest BCUT2D eigenvalue weighted by Gasteiger charge is 2.23. The number of rotatable bonds is 5. The molecule has 1 aliphatic rings. The van der Waals surface area contributed by atoms with Gasteiger partial charge in [-0.2, -0.15) is 0 Å². The highest BCUT2D eigenvalue weighted by Crippen LogP contribution is 2.40. The lowest BCUT2D eigenvalue weighted by atomic mass is 10.1. The van der Waals surface area contributed by atoms with E-state index in [1.54, 1.807) is 0 Å². The predicted octanol–water partition coefficient (Wildman–Crippen LogP) is 4.45. The first kappa shape index (κ1) is 13.8. The summed E-state index contributed by atoms with van der Waals surface area (Å²) in [7, 11) is 0. The Balaban J connectivity index is 1.90. The van der Waals surface area contributed by atoms with Crippen molar-refractivity contribution >= 4 is 28.4 Å². The van der Waals surface area contributed by atoms with Crippen molar-refractivity contribution in [2.24, 2.45) is 0 Å². The van der Waals surface area contributed by atoms with Crippen LogP contribution in [0.5, 0.6) is 0 Å².